The molecule has 0 aliphatic carbocycles. The normalized spacial score (nSPS) is 16.3. The molecule has 1 aliphatic heterocycles. The first-order chi connectivity index (χ1) is 7.70. The molecule has 1 fully saturated rings. The van der Waals surface area contributed by atoms with Crippen LogP contribution in [-0.2, 0) is 4.79 Å². The Balaban J connectivity index is 1.99. The third-order valence-electron chi connectivity index (χ3n) is 2.53. The fraction of sp³-hybridized carbons (Fsp3) is 0.400. The zero-order valence-electron chi connectivity index (χ0n) is 8.56. The molecule has 2 amide bonds. The monoisotopic (exact) mass is 242 g/mol. The van der Waals surface area contributed by atoms with Crippen molar-refractivity contribution >= 4 is 23.9 Å². The Morgan fingerprint density at radius 1 is 1.31 bits per heavy atom. The van der Waals surface area contributed by atoms with Crippen molar-refractivity contribution < 1.29 is 14.0 Å². The fourth-order valence-electron chi connectivity index (χ4n) is 1.62. The Hall–Kier alpha value is -1.49. The molecule has 5 nitrogen and oxygen atoms in total. The van der Waals surface area contributed by atoms with E-state index in [1.54, 1.807) is 15.9 Å². The second-order valence-electron chi connectivity index (χ2n) is 3.54. The van der Waals surface area contributed by atoms with E-state index in [9.17, 15) is 9.59 Å². The maximum Gasteiger partial charge on any atom is 0.289 e. The molecule has 6 heteroatoms. The number of furan rings is 1. The number of rotatable bonds is 2. The minimum atomic E-state index is -0.183. The molecule has 1 aromatic rings. The predicted molar refractivity (Wildman–Crippen MR) is 57.3 cm³/mol. The second-order valence-corrected chi connectivity index (χ2v) is 3.91. The van der Waals surface area contributed by atoms with E-state index in [-0.39, 0.29) is 16.9 Å². The standard InChI is InChI=1S/C10H11ClN2O3/c11-9-2-1-8(16-9)10(15)13-5-3-12(7-14)4-6-13/h1-2,7H,3-6H2. The molecular formula is C10H11ClN2O3. The Labute approximate surface area is 97.6 Å². The van der Waals surface area contributed by atoms with Crippen molar-refractivity contribution in [3.8, 4) is 0 Å². The summed E-state index contributed by atoms with van der Waals surface area (Å²) in [7, 11) is 0. The van der Waals surface area contributed by atoms with Gasteiger partial charge in [-0.1, -0.05) is 0 Å². The third kappa shape index (κ3) is 2.19. The van der Waals surface area contributed by atoms with Crippen LogP contribution >= 0.6 is 11.6 Å². The molecular weight excluding hydrogens is 232 g/mol. The Bertz CT molecular complexity index is 397. The largest absolute Gasteiger partial charge is 0.440 e. The van der Waals surface area contributed by atoms with Gasteiger partial charge in [0, 0.05) is 26.2 Å². The van der Waals surface area contributed by atoms with Gasteiger partial charge in [0.15, 0.2) is 11.0 Å². The maximum absolute atomic E-state index is 11.9. The molecule has 86 valence electrons. The van der Waals surface area contributed by atoms with Gasteiger partial charge in [0.1, 0.15) is 0 Å². The highest BCUT2D eigenvalue weighted by Crippen LogP contribution is 2.15. The number of halogens is 1. The van der Waals surface area contributed by atoms with Crippen LogP contribution in [0.15, 0.2) is 16.5 Å². The number of nitrogens with zero attached hydrogens (tertiary/aromatic N) is 2. The summed E-state index contributed by atoms with van der Waals surface area (Å²) in [6, 6.07) is 3.09. The lowest BCUT2D eigenvalue weighted by atomic mass is 10.3. The van der Waals surface area contributed by atoms with E-state index in [0.29, 0.717) is 26.2 Å². The second kappa shape index (κ2) is 4.57. The van der Waals surface area contributed by atoms with E-state index in [4.69, 9.17) is 16.0 Å². The number of hydrogen-bond donors (Lipinski definition) is 0. The summed E-state index contributed by atoms with van der Waals surface area (Å²) >= 11 is 5.60. The molecule has 0 spiro atoms. The Kier molecular flexibility index (Phi) is 3.14. The van der Waals surface area contributed by atoms with Gasteiger partial charge in [0.25, 0.3) is 5.91 Å². The summed E-state index contributed by atoms with van der Waals surface area (Å²) in [5, 5.41) is 0.204. The first-order valence-electron chi connectivity index (χ1n) is 4.94. The lowest BCUT2D eigenvalue weighted by Crippen LogP contribution is -2.48. The van der Waals surface area contributed by atoms with Crippen molar-refractivity contribution in [2.75, 3.05) is 26.2 Å². The van der Waals surface area contributed by atoms with E-state index < -0.39 is 0 Å². The van der Waals surface area contributed by atoms with Gasteiger partial charge in [-0.25, -0.2) is 0 Å². The number of hydrogen-bond acceptors (Lipinski definition) is 3. The highest BCUT2D eigenvalue weighted by Gasteiger charge is 2.23. The Morgan fingerprint density at radius 3 is 2.50 bits per heavy atom. The third-order valence-corrected chi connectivity index (χ3v) is 2.74. The van der Waals surface area contributed by atoms with Crippen LogP contribution in [0.25, 0.3) is 0 Å². The molecule has 2 rings (SSSR count). The molecule has 0 atom stereocenters. The smallest absolute Gasteiger partial charge is 0.289 e. The van der Waals surface area contributed by atoms with Gasteiger partial charge in [0.05, 0.1) is 0 Å². The van der Waals surface area contributed by atoms with Crippen molar-refractivity contribution in [3.63, 3.8) is 0 Å². The number of carbonyl (C=O) groups is 2. The topological polar surface area (TPSA) is 53.8 Å². The highest BCUT2D eigenvalue weighted by atomic mass is 35.5. The van der Waals surface area contributed by atoms with Crippen LogP contribution in [0.5, 0.6) is 0 Å². The molecule has 16 heavy (non-hydrogen) atoms. The van der Waals surface area contributed by atoms with Crippen molar-refractivity contribution in [1.82, 2.24) is 9.80 Å². The summed E-state index contributed by atoms with van der Waals surface area (Å²) in [4.78, 5) is 25.7. The van der Waals surface area contributed by atoms with Crippen molar-refractivity contribution in [2.45, 2.75) is 0 Å². The van der Waals surface area contributed by atoms with Crippen molar-refractivity contribution in [3.05, 3.63) is 23.1 Å². The van der Waals surface area contributed by atoms with Gasteiger partial charge >= 0.3 is 0 Å². The molecule has 0 aromatic carbocycles. The van der Waals surface area contributed by atoms with E-state index in [1.165, 1.54) is 6.07 Å². The average molecular weight is 243 g/mol. The van der Waals surface area contributed by atoms with Crippen LogP contribution in [0.2, 0.25) is 5.22 Å². The first kappa shape index (κ1) is 11.0. The molecule has 0 unspecified atom stereocenters. The molecule has 1 saturated heterocycles. The van der Waals surface area contributed by atoms with Gasteiger partial charge in [-0.15, -0.1) is 0 Å². The minimum Gasteiger partial charge on any atom is -0.440 e. The molecule has 1 aliphatic rings. The molecule has 1 aromatic heterocycles. The van der Waals surface area contributed by atoms with E-state index >= 15 is 0 Å². The zero-order valence-corrected chi connectivity index (χ0v) is 9.31. The van der Waals surface area contributed by atoms with Crippen LogP contribution in [0, 0.1) is 0 Å². The first-order valence-corrected chi connectivity index (χ1v) is 5.32. The van der Waals surface area contributed by atoms with Crippen LogP contribution in [0.1, 0.15) is 10.6 Å². The lowest BCUT2D eigenvalue weighted by molar-refractivity contribution is -0.119. The SMILES string of the molecule is O=CN1CCN(C(=O)c2ccc(Cl)o2)CC1. The van der Waals surface area contributed by atoms with E-state index in [0.717, 1.165) is 6.41 Å². The van der Waals surface area contributed by atoms with E-state index in [2.05, 4.69) is 0 Å². The van der Waals surface area contributed by atoms with Gasteiger partial charge in [-0.05, 0) is 23.7 Å². The summed E-state index contributed by atoms with van der Waals surface area (Å²) in [6.07, 6.45) is 0.797. The van der Waals surface area contributed by atoms with Crippen molar-refractivity contribution in [1.29, 1.82) is 0 Å². The van der Waals surface area contributed by atoms with Crippen molar-refractivity contribution in [2.24, 2.45) is 0 Å². The maximum atomic E-state index is 11.9. The summed E-state index contributed by atoms with van der Waals surface area (Å²) in [6.45, 7) is 2.17. The molecule has 0 saturated carbocycles. The Morgan fingerprint density at radius 2 is 2.00 bits per heavy atom. The number of carbonyl (C=O) groups excluding carboxylic acids is 2. The quantitative estimate of drug-likeness (QED) is 0.723. The summed E-state index contributed by atoms with van der Waals surface area (Å²) in [5.74, 6) is 0.0574. The average Bonchev–Trinajstić information content (AvgIpc) is 2.75. The lowest BCUT2D eigenvalue weighted by Gasteiger charge is -2.31. The van der Waals surface area contributed by atoms with Gasteiger partial charge in [-0.3, -0.25) is 9.59 Å². The molecule has 2 heterocycles. The van der Waals surface area contributed by atoms with Crippen LogP contribution < -0.4 is 0 Å². The van der Waals surface area contributed by atoms with Gasteiger partial charge in [0.2, 0.25) is 6.41 Å². The highest BCUT2D eigenvalue weighted by molar-refractivity contribution is 6.29. The molecule has 0 bridgehead atoms. The van der Waals surface area contributed by atoms with Crippen LogP contribution in [-0.4, -0.2) is 48.3 Å². The molecule has 0 N–H and O–H groups in total. The van der Waals surface area contributed by atoms with E-state index in [1.807, 2.05) is 0 Å². The predicted octanol–water partition coefficient (Wildman–Crippen LogP) is 0.847. The number of amides is 2. The van der Waals surface area contributed by atoms with Gasteiger partial charge in [-0.2, -0.15) is 0 Å². The zero-order chi connectivity index (χ0) is 11.5. The van der Waals surface area contributed by atoms with Gasteiger partial charge < -0.3 is 14.2 Å². The minimum absolute atomic E-state index is 0.183. The van der Waals surface area contributed by atoms with Crippen LogP contribution in [0.3, 0.4) is 0 Å². The fourth-order valence-corrected chi connectivity index (χ4v) is 1.76. The summed E-state index contributed by atoms with van der Waals surface area (Å²) < 4.78 is 5.04. The summed E-state index contributed by atoms with van der Waals surface area (Å²) in [5.41, 5.74) is 0. The van der Waals surface area contributed by atoms with Crippen LogP contribution in [0.4, 0.5) is 0 Å². The number of piperazine rings is 1. The molecule has 0 radical (unpaired) electrons.